The van der Waals surface area contributed by atoms with E-state index in [2.05, 4.69) is 46.9 Å². The molecule has 2 aromatic carbocycles. The Balaban J connectivity index is 2.39. The number of nitrogens with zero attached hydrogens (tertiary/aromatic N) is 1. The smallest absolute Gasteiger partial charge is 0.0676 e. The minimum Gasteiger partial charge on any atom is -0.366 e. The van der Waals surface area contributed by atoms with Crippen LogP contribution in [0.15, 0.2) is 46.9 Å². The molecule has 0 fully saturated rings. The fourth-order valence-electron chi connectivity index (χ4n) is 2.39. The van der Waals surface area contributed by atoms with Gasteiger partial charge < -0.3 is 10.6 Å². The van der Waals surface area contributed by atoms with Gasteiger partial charge in [-0.05, 0) is 36.2 Å². The van der Waals surface area contributed by atoms with Gasteiger partial charge in [0.05, 0.1) is 6.04 Å². The van der Waals surface area contributed by atoms with Crippen LogP contribution in [0.3, 0.4) is 0 Å². The predicted molar refractivity (Wildman–Crippen MR) is 90.5 cm³/mol. The van der Waals surface area contributed by atoms with E-state index in [1.807, 2.05) is 30.3 Å². The second-order valence-corrected chi connectivity index (χ2v) is 6.14. The molecule has 2 nitrogen and oxygen atoms in total. The average molecular weight is 354 g/mol. The maximum Gasteiger partial charge on any atom is 0.0676 e. The van der Waals surface area contributed by atoms with Crippen molar-refractivity contribution in [3.05, 3.63) is 63.1 Å². The van der Waals surface area contributed by atoms with Crippen LogP contribution < -0.4 is 10.6 Å². The van der Waals surface area contributed by atoms with Gasteiger partial charge in [0.25, 0.3) is 0 Å². The topological polar surface area (TPSA) is 29.3 Å². The molecule has 2 N–H and O–H groups in total. The van der Waals surface area contributed by atoms with E-state index in [1.165, 1.54) is 11.3 Å². The molecule has 0 heterocycles. The lowest BCUT2D eigenvalue weighted by atomic mass is 10.0. The van der Waals surface area contributed by atoms with Crippen molar-refractivity contribution in [1.29, 1.82) is 0 Å². The van der Waals surface area contributed by atoms with Crippen LogP contribution in [0.5, 0.6) is 0 Å². The van der Waals surface area contributed by atoms with E-state index in [4.69, 9.17) is 17.3 Å². The number of likely N-dealkylation sites (N-methyl/N-ethyl adjacent to an activating group) is 1. The maximum absolute atomic E-state index is 6.36. The van der Waals surface area contributed by atoms with Crippen molar-refractivity contribution in [2.45, 2.75) is 13.0 Å². The molecule has 0 aliphatic rings. The first-order valence-corrected chi connectivity index (χ1v) is 7.65. The third-order valence-corrected chi connectivity index (χ3v) is 4.33. The number of rotatable bonds is 4. The molecule has 2 aromatic rings. The molecule has 0 aromatic heterocycles. The van der Waals surface area contributed by atoms with Gasteiger partial charge >= 0.3 is 0 Å². The Morgan fingerprint density at radius 1 is 1.25 bits per heavy atom. The van der Waals surface area contributed by atoms with Crippen LogP contribution in [0, 0.1) is 6.92 Å². The molecule has 2 rings (SSSR count). The van der Waals surface area contributed by atoms with Crippen LogP contribution >= 0.6 is 27.5 Å². The van der Waals surface area contributed by atoms with Gasteiger partial charge in [0.2, 0.25) is 0 Å². The van der Waals surface area contributed by atoms with Gasteiger partial charge in [-0.25, -0.2) is 0 Å². The van der Waals surface area contributed by atoms with Crippen molar-refractivity contribution in [3.8, 4) is 0 Å². The molecule has 0 saturated heterocycles. The lowest BCUT2D eigenvalue weighted by Crippen LogP contribution is -2.31. The van der Waals surface area contributed by atoms with Gasteiger partial charge in [-0.3, -0.25) is 0 Å². The van der Waals surface area contributed by atoms with Crippen molar-refractivity contribution in [2.24, 2.45) is 5.73 Å². The third kappa shape index (κ3) is 3.17. The first-order chi connectivity index (χ1) is 9.54. The number of para-hydroxylation sites is 1. The molecule has 0 saturated carbocycles. The van der Waals surface area contributed by atoms with Crippen LogP contribution in [0.1, 0.15) is 17.2 Å². The van der Waals surface area contributed by atoms with E-state index in [0.717, 1.165) is 15.1 Å². The Morgan fingerprint density at radius 2 is 1.95 bits per heavy atom. The first kappa shape index (κ1) is 15.4. The molecule has 0 spiro atoms. The Bertz CT molecular complexity index is 601. The van der Waals surface area contributed by atoms with Gasteiger partial charge in [-0.1, -0.05) is 51.8 Å². The summed E-state index contributed by atoms with van der Waals surface area (Å²) in [6.45, 7) is 2.61. The highest BCUT2D eigenvalue weighted by atomic mass is 79.9. The zero-order valence-electron chi connectivity index (χ0n) is 11.6. The van der Waals surface area contributed by atoms with Crippen molar-refractivity contribution >= 4 is 33.2 Å². The highest BCUT2D eigenvalue weighted by molar-refractivity contribution is 9.10. The molecule has 0 aliphatic carbocycles. The summed E-state index contributed by atoms with van der Waals surface area (Å²) in [5.41, 5.74) is 9.42. The molecular formula is C16H18BrClN2. The van der Waals surface area contributed by atoms with Gasteiger partial charge in [0.1, 0.15) is 0 Å². The van der Waals surface area contributed by atoms with E-state index in [-0.39, 0.29) is 6.04 Å². The Labute approximate surface area is 133 Å². The molecule has 106 valence electrons. The number of anilines is 1. The van der Waals surface area contributed by atoms with Crippen LogP contribution in [0.25, 0.3) is 0 Å². The monoisotopic (exact) mass is 352 g/mol. The molecule has 1 atom stereocenters. The summed E-state index contributed by atoms with van der Waals surface area (Å²) in [5.74, 6) is 0. The fourth-order valence-corrected chi connectivity index (χ4v) is 3.19. The molecular weight excluding hydrogens is 336 g/mol. The standard InChI is InChI=1S/C16H18BrClN2/c1-11-5-3-4-6-15(11)20(2)16(10-19)13-8-7-12(17)9-14(13)18/h3-9,16H,10,19H2,1-2H3. The zero-order valence-corrected chi connectivity index (χ0v) is 13.9. The van der Waals surface area contributed by atoms with Gasteiger partial charge in [-0.2, -0.15) is 0 Å². The molecule has 0 aliphatic heterocycles. The summed E-state index contributed by atoms with van der Waals surface area (Å²) in [6.07, 6.45) is 0. The Hall–Kier alpha value is -1.03. The number of aryl methyl sites for hydroxylation is 1. The third-order valence-electron chi connectivity index (χ3n) is 3.51. The van der Waals surface area contributed by atoms with Crippen molar-refractivity contribution in [3.63, 3.8) is 0 Å². The van der Waals surface area contributed by atoms with Gasteiger partial charge in [0, 0.05) is 28.8 Å². The van der Waals surface area contributed by atoms with Gasteiger partial charge in [-0.15, -0.1) is 0 Å². The van der Waals surface area contributed by atoms with Gasteiger partial charge in [0.15, 0.2) is 0 Å². The largest absolute Gasteiger partial charge is 0.366 e. The molecule has 0 bridgehead atoms. The summed E-state index contributed by atoms with van der Waals surface area (Å²) in [7, 11) is 2.05. The minimum atomic E-state index is 0.0525. The van der Waals surface area contributed by atoms with Crippen molar-refractivity contribution in [1.82, 2.24) is 0 Å². The summed E-state index contributed by atoms with van der Waals surface area (Å²) in [5, 5.41) is 0.732. The predicted octanol–water partition coefficient (Wildman–Crippen LogP) is 4.55. The summed E-state index contributed by atoms with van der Waals surface area (Å²) < 4.78 is 0.973. The van der Waals surface area contributed by atoms with E-state index in [1.54, 1.807) is 0 Å². The maximum atomic E-state index is 6.36. The zero-order chi connectivity index (χ0) is 14.7. The van der Waals surface area contributed by atoms with E-state index in [9.17, 15) is 0 Å². The van der Waals surface area contributed by atoms with E-state index < -0.39 is 0 Å². The van der Waals surface area contributed by atoms with E-state index >= 15 is 0 Å². The first-order valence-electron chi connectivity index (χ1n) is 6.48. The second-order valence-electron chi connectivity index (χ2n) is 4.81. The molecule has 0 radical (unpaired) electrons. The van der Waals surface area contributed by atoms with Crippen LogP contribution in [0.4, 0.5) is 5.69 Å². The van der Waals surface area contributed by atoms with Crippen LogP contribution in [-0.4, -0.2) is 13.6 Å². The number of nitrogens with two attached hydrogens (primary N) is 1. The number of hydrogen-bond donors (Lipinski definition) is 1. The molecule has 1 unspecified atom stereocenters. The highest BCUT2D eigenvalue weighted by Gasteiger charge is 2.19. The normalized spacial score (nSPS) is 12.2. The minimum absolute atomic E-state index is 0.0525. The lowest BCUT2D eigenvalue weighted by Gasteiger charge is -2.31. The summed E-state index contributed by atoms with van der Waals surface area (Å²) >= 11 is 9.79. The molecule has 4 heteroatoms. The highest BCUT2D eigenvalue weighted by Crippen LogP contribution is 2.32. The Morgan fingerprint density at radius 3 is 2.55 bits per heavy atom. The number of benzene rings is 2. The van der Waals surface area contributed by atoms with Crippen molar-refractivity contribution < 1.29 is 0 Å². The van der Waals surface area contributed by atoms with Crippen molar-refractivity contribution in [2.75, 3.05) is 18.5 Å². The molecule has 0 amide bonds. The fraction of sp³-hybridized carbons (Fsp3) is 0.250. The number of hydrogen-bond acceptors (Lipinski definition) is 2. The summed E-state index contributed by atoms with van der Waals surface area (Å²) in [6, 6.07) is 14.3. The summed E-state index contributed by atoms with van der Waals surface area (Å²) in [4.78, 5) is 2.18. The SMILES string of the molecule is Cc1ccccc1N(C)C(CN)c1ccc(Br)cc1Cl. The van der Waals surface area contributed by atoms with Crippen LogP contribution in [-0.2, 0) is 0 Å². The quantitative estimate of drug-likeness (QED) is 0.874. The number of halogens is 2. The van der Waals surface area contributed by atoms with Crippen LogP contribution in [0.2, 0.25) is 5.02 Å². The van der Waals surface area contributed by atoms with E-state index in [0.29, 0.717) is 6.54 Å². The molecule has 20 heavy (non-hydrogen) atoms. The average Bonchev–Trinajstić information content (AvgIpc) is 2.42. The Kier molecular flexibility index (Phi) is 5.08. The second kappa shape index (κ2) is 6.61. The lowest BCUT2D eigenvalue weighted by molar-refractivity contribution is 0.679.